The van der Waals surface area contributed by atoms with E-state index in [1.807, 2.05) is 6.26 Å². The third-order valence-electron chi connectivity index (χ3n) is 2.65. The Morgan fingerprint density at radius 1 is 1.47 bits per heavy atom. The van der Waals surface area contributed by atoms with Crippen molar-refractivity contribution in [3.05, 3.63) is 29.1 Å². The third kappa shape index (κ3) is 4.17. The lowest BCUT2D eigenvalue weighted by Gasteiger charge is -2.15. The number of nitrogens with one attached hydrogen (secondary N) is 1. The van der Waals surface area contributed by atoms with E-state index in [1.165, 1.54) is 30.8 Å². The molecule has 7 heteroatoms. The highest BCUT2D eigenvalue weighted by Crippen LogP contribution is 2.21. The second-order valence-corrected chi connectivity index (χ2v) is 6.98. The number of thioether (sulfide) groups is 1. The molecule has 0 aromatic heterocycles. The van der Waals surface area contributed by atoms with Crippen molar-refractivity contribution in [2.75, 3.05) is 12.0 Å². The quantitative estimate of drug-likeness (QED) is 0.838. The Bertz CT molecular complexity index is 547. The molecule has 1 atom stereocenters. The second-order valence-electron chi connectivity index (χ2n) is 4.38. The summed E-state index contributed by atoms with van der Waals surface area (Å²) in [4.78, 5) is -0.0408. The molecule has 0 heterocycles. The van der Waals surface area contributed by atoms with Gasteiger partial charge in [0, 0.05) is 23.9 Å². The average Bonchev–Trinajstić information content (AvgIpc) is 2.31. The van der Waals surface area contributed by atoms with Gasteiger partial charge in [0.1, 0.15) is 5.82 Å². The van der Waals surface area contributed by atoms with E-state index in [9.17, 15) is 12.8 Å². The molecule has 1 aromatic rings. The molecule has 0 saturated carbocycles. The third-order valence-corrected chi connectivity index (χ3v) is 5.20. The van der Waals surface area contributed by atoms with Crippen LogP contribution in [0.4, 0.5) is 4.39 Å². The molecule has 0 aliphatic heterocycles. The highest BCUT2D eigenvalue weighted by molar-refractivity contribution is 7.98. The zero-order valence-corrected chi connectivity index (χ0v) is 12.9. The van der Waals surface area contributed by atoms with Gasteiger partial charge in [0.25, 0.3) is 0 Å². The van der Waals surface area contributed by atoms with Gasteiger partial charge in [-0.05, 0) is 37.8 Å². The Labute approximate surface area is 118 Å². The van der Waals surface area contributed by atoms with Crippen molar-refractivity contribution in [2.45, 2.75) is 31.3 Å². The Balaban J connectivity index is 3.17. The molecule has 0 bridgehead atoms. The summed E-state index contributed by atoms with van der Waals surface area (Å²) in [5.41, 5.74) is 6.02. The summed E-state index contributed by atoms with van der Waals surface area (Å²) in [5.74, 6) is 0.0954. The van der Waals surface area contributed by atoms with E-state index in [2.05, 4.69) is 4.72 Å². The molecule has 1 unspecified atom stereocenters. The Kier molecular flexibility index (Phi) is 5.79. The maximum atomic E-state index is 13.7. The number of hydrogen-bond acceptors (Lipinski definition) is 4. The van der Waals surface area contributed by atoms with Crippen LogP contribution in [0.2, 0.25) is 0 Å². The molecule has 4 nitrogen and oxygen atoms in total. The maximum absolute atomic E-state index is 13.7. The number of nitrogens with two attached hydrogens (primary N) is 1. The predicted octanol–water partition coefficient (Wildman–Crippen LogP) is 1.62. The SMILES string of the molecule is CSCC(C)NS(=O)(=O)c1cc(CN)cc(F)c1C. The van der Waals surface area contributed by atoms with Crippen molar-refractivity contribution in [1.82, 2.24) is 4.72 Å². The first-order valence-electron chi connectivity index (χ1n) is 5.82. The fourth-order valence-corrected chi connectivity index (χ4v) is 3.95. The zero-order valence-electron chi connectivity index (χ0n) is 11.2. The standard InChI is InChI=1S/C12H19FN2O2S2/c1-8(7-18-3)15-19(16,17)12-5-10(6-14)4-11(13)9(12)2/h4-5,8,15H,6-7,14H2,1-3H3. The number of sulfonamides is 1. The molecule has 19 heavy (non-hydrogen) atoms. The van der Waals surface area contributed by atoms with Crippen LogP contribution in [-0.2, 0) is 16.6 Å². The molecule has 0 saturated heterocycles. The summed E-state index contributed by atoms with van der Waals surface area (Å²) in [6.45, 7) is 3.32. The number of rotatable bonds is 6. The van der Waals surface area contributed by atoms with E-state index >= 15 is 0 Å². The van der Waals surface area contributed by atoms with Gasteiger partial charge in [-0.3, -0.25) is 0 Å². The van der Waals surface area contributed by atoms with Gasteiger partial charge in [0.2, 0.25) is 10.0 Å². The van der Waals surface area contributed by atoms with Crippen LogP contribution in [0.25, 0.3) is 0 Å². The molecule has 1 aromatic carbocycles. The molecule has 0 radical (unpaired) electrons. The maximum Gasteiger partial charge on any atom is 0.241 e. The van der Waals surface area contributed by atoms with E-state index in [4.69, 9.17) is 5.73 Å². The summed E-state index contributed by atoms with van der Waals surface area (Å²) in [6.07, 6.45) is 1.89. The summed E-state index contributed by atoms with van der Waals surface area (Å²) < 4.78 is 40.7. The average molecular weight is 306 g/mol. The van der Waals surface area contributed by atoms with Crippen LogP contribution in [0.3, 0.4) is 0 Å². The minimum Gasteiger partial charge on any atom is -0.326 e. The molecule has 0 fully saturated rings. The number of benzene rings is 1. The summed E-state index contributed by atoms with van der Waals surface area (Å²) in [5, 5.41) is 0. The monoisotopic (exact) mass is 306 g/mol. The second kappa shape index (κ2) is 6.69. The van der Waals surface area contributed by atoms with E-state index in [0.29, 0.717) is 11.3 Å². The summed E-state index contributed by atoms with van der Waals surface area (Å²) >= 11 is 1.54. The van der Waals surface area contributed by atoms with E-state index in [0.717, 1.165) is 0 Å². The zero-order chi connectivity index (χ0) is 14.6. The number of hydrogen-bond donors (Lipinski definition) is 2. The molecule has 108 valence electrons. The van der Waals surface area contributed by atoms with Gasteiger partial charge >= 0.3 is 0 Å². The van der Waals surface area contributed by atoms with Crippen LogP contribution >= 0.6 is 11.8 Å². The summed E-state index contributed by atoms with van der Waals surface area (Å²) in [6, 6.07) is 2.47. The van der Waals surface area contributed by atoms with Crippen molar-refractivity contribution in [3.63, 3.8) is 0 Å². The van der Waals surface area contributed by atoms with Gasteiger partial charge in [0.05, 0.1) is 4.90 Å². The van der Waals surface area contributed by atoms with Crippen molar-refractivity contribution in [3.8, 4) is 0 Å². The van der Waals surface area contributed by atoms with Crippen LogP contribution < -0.4 is 10.5 Å². The largest absolute Gasteiger partial charge is 0.326 e. The van der Waals surface area contributed by atoms with E-state index in [1.54, 1.807) is 6.92 Å². The first-order chi connectivity index (χ1) is 8.81. The first-order valence-corrected chi connectivity index (χ1v) is 8.70. The molecular weight excluding hydrogens is 287 g/mol. The topological polar surface area (TPSA) is 72.2 Å². The predicted molar refractivity (Wildman–Crippen MR) is 77.2 cm³/mol. The molecule has 0 aliphatic carbocycles. The van der Waals surface area contributed by atoms with Crippen molar-refractivity contribution >= 4 is 21.8 Å². The van der Waals surface area contributed by atoms with Gasteiger partial charge in [-0.25, -0.2) is 17.5 Å². The fourth-order valence-electron chi connectivity index (χ4n) is 1.72. The van der Waals surface area contributed by atoms with Gasteiger partial charge in [-0.2, -0.15) is 11.8 Å². The smallest absolute Gasteiger partial charge is 0.241 e. The van der Waals surface area contributed by atoms with Crippen LogP contribution in [0, 0.1) is 12.7 Å². The van der Waals surface area contributed by atoms with Crippen LogP contribution in [0.5, 0.6) is 0 Å². The Morgan fingerprint density at radius 3 is 2.63 bits per heavy atom. The molecule has 1 rings (SSSR count). The van der Waals surface area contributed by atoms with Crippen molar-refractivity contribution in [1.29, 1.82) is 0 Å². The van der Waals surface area contributed by atoms with E-state index in [-0.39, 0.29) is 23.0 Å². The lowest BCUT2D eigenvalue weighted by Crippen LogP contribution is -2.34. The molecule has 0 aliphatic rings. The highest BCUT2D eigenvalue weighted by atomic mass is 32.2. The lowest BCUT2D eigenvalue weighted by atomic mass is 10.1. The highest BCUT2D eigenvalue weighted by Gasteiger charge is 2.21. The first kappa shape index (κ1) is 16.4. The Hall–Kier alpha value is -0.630. The number of halogens is 1. The van der Waals surface area contributed by atoms with E-state index < -0.39 is 15.8 Å². The van der Waals surface area contributed by atoms with Crippen LogP contribution in [0.1, 0.15) is 18.1 Å². The molecule has 0 spiro atoms. The fraction of sp³-hybridized carbons (Fsp3) is 0.500. The normalized spacial score (nSPS) is 13.5. The van der Waals surface area contributed by atoms with Gasteiger partial charge in [-0.15, -0.1) is 0 Å². The van der Waals surface area contributed by atoms with Crippen molar-refractivity contribution in [2.24, 2.45) is 5.73 Å². The van der Waals surface area contributed by atoms with Gasteiger partial charge in [-0.1, -0.05) is 0 Å². The molecule has 3 N–H and O–H groups in total. The minimum atomic E-state index is -3.73. The Morgan fingerprint density at radius 2 is 2.11 bits per heavy atom. The van der Waals surface area contributed by atoms with Crippen LogP contribution in [-0.4, -0.2) is 26.5 Å². The molecule has 0 amide bonds. The summed E-state index contributed by atoms with van der Waals surface area (Å²) in [7, 11) is -3.73. The van der Waals surface area contributed by atoms with Crippen LogP contribution in [0.15, 0.2) is 17.0 Å². The van der Waals surface area contributed by atoms with Gasteiger partial charge in [0.15, 0.2) is 0 Å². The van der Waals surface area contributed by atoms with Crippen molar-refractivity contribution < 1.29 is 12.8 Å². The van der Waals surface area contributed by atoms with Gasteiger partial charge < -0.3 is 5.73 Å². The molecular formula is C12H19FN2O2S2. The minimum absolute atomic E-state index is 0.0408. The lowest BCUT2D eigenvalue weighted by molar-refractivity contribution is 0.564.